The number of hydrogen-bond donors (Lipinski definition) is 0. The lowest BCUT2D eigenvalue weighted by Crippen LogP contribution is -2.07. The first-order valence-electron chi connectivity index (χ1n) is 5.38. The zero-order chi connectivity index (χ0) is 12.1. The van der Waals surface area contributed by atoms with Crippen LogP contribution in [-0.2, 0) is 11.2 Å². The molecule has 0 heterocycles. The van der Waals surface area contributed by atoms with Crippen molar-refractivity contribution in [1.82, 2.24) is 0 Å². The van der Waals surface area contributed by atoms with E-state index in [9.17, 15) is 9.59 Å². The average Bonchev–Trinajstić information content (AvgIpc) is 2.35. The fraction of sp³-hybridized carbons (Fsp3) is 0.385. The van der Waals surface area contributed by atoms with E-state index < -0.39 is 5.97 Å². The number of ether oxygens (including phenoxy) is 1. The van der Waals surface area contributed by atoms with Gasteiger partial charge in [-0.25, -0.2) is 4.79 Å². The Bertz CT molecular complexity index is 408. The van der Waals surface area contributed by atoms with Crippen molar-refractivity contribution < 1.29 is 14.3 Å². The minimum atomic E-state index is -0.409. The Hall–Kier alpha value is -1.64. The molecule has 0 saturated heterocycles. The summed E-state index contributed by atoms with van der Waals surface area (Å²) in [6.07, 6.45) is 1.22. The number of carbonyl (C=O) groups excluding carboxylic acids is 2. The molecule has 0 aliphatic rings. The smallest absolute Gasteiger partial charge is 0.337 e. The summed E-state index contributed by atoms with van der Waals surface area (Å²) in [4.78, 5) is 23.0. The van der Waals surface area contributed by atoms with E-state index in [4.69, 9.17) is 0 Å². The molecule has 0 fully saturated rings. The molecule has 3 nitrogen and oxygen atoms in total. The second kappa shape index (κ2) is 5.45. The van der Waals surface area contributed by atoms with E-state index in [1.54, 1.807) is 12.1 Å². The van der Waals surface area contributed by atoms with Crippen molar-refractivity contribution in [2.75, 3.05) is 7.11 Å². The standard InChI is InChI=1S/C13H16O3/c1-4-9-6-7-10(13(15)16-3)8-11(9)12(14)5-2/h6-8H,4-5H2,1-3H3. The van der Waals surface area contributed by atoms with Crippen LogP contribution in [0, 0.1) is 0 Å². The highest BCUT2D eigenvalue weighted by atomic mass is 16.5. The lowest BCUT2D eigenvalue weighted by molar-refractivity contribution is 0.0600. The third kappa shape index (κ3) is 2.48. The molecule has 0 aliphatic carbocycles. The maximum atomic E-state index is 11.7. The van der Waals surface area contributed by atoms with Gasteiger partial charge < -0.3 is 4.74 Å². The Kier molecular flexibility index (Phi) is 4.23. The van der Waals surface area contributed by atoms with Crippen molar-refractivity contribution in [3.05, 3.63) is 34.9 Å². The maximum Gasteiger partial charge on any atom is 0.337 e. The molecule has 1 aromatic carbocycles. The monoisotopic (exact) mass is 220 g/mol. The summed E-state index contributed by atoms with van der Waals surface area (Å²) in [6, 6.07) is 5.13. The molecule has 1 aromatic rings. The molecule has 0 N–H and O–H groups in total. The highest BCUT2D eigenvalue weighted by Crippen LogP contribution is 2.15. The third-order valence-corrected chi connectivity index (χ3v) is 2.53. The first-order valence-corrected chi connectivity index (χ1v) is 5.38. The molecule has 0 radical (unpaired) electrons. The van der Waals surface area contributed by atoms with Crippen molar-refractivity contribution >= 4 is 11.8 Å². The van der Waals surface area contributed by atoms with Gasteiger partial charge in [0.25, 0.3) is 0 Å². The molecule has 0 amide bonds. The van der Waals surface area contributed by atoms with Crippen LogP contribution in [0.2, 0.25) is 0 Å². The lowest BCUT2D eigenvalue weighted by atomic mass is 9.97. The van der Waals surface area contributed by atoms with E-state index in [1.165, 1.54) is 7.11 Å². The van der Waals surface area contributed by atoms with Gasteiger partial charge in [-0.15, -0.1) is 0 Å². The molecule has 0 atom stereocenters. The van der Waals surface area contributed by atoms with Gasteiger partial charge >= 0.3 is 5.97 Å². The molecule has 0 unspecified atom stereocenters. The summed E-state index contributed by atoms with van der Waals surface area (Å²) in [6.45, 7) is 3.80. The first-order chi connectivity index (χ1) is 7.63. The number of rotatable bonds is 4. The van der Waals surface area contributed by atoms with Gasteiger partial charge in [0.1, 0.15) is 0 Å². The van der Waals surface area contributed by atoms with Crippen LogP contribution in [0.1, 0.15) is 46.5 Å². The van der Waals surface area contributed by atoms with E-state index >= 15 is 0 Å². The Morgan fingerprint density at radius 1 is 1.25 bits per heavy atom. The highest BCUT2D eigenvalue weighted by molar-refractivity contribution is 6.00. The van der Waals surface area contributed by atoms with Crippen molar-refractivity contribution in [3.8, 4) is 0 Å². The van der Waals surface area contributed by atoms with E-state index in [0.717, 1.165) is 12.0 Å². The molecule has 0 bridgehead atoms. The van der Waals surface area contributed by atoms with Crippen molar-refractivity contribution in [1.29, 1.82) is 0 Å². The number of benzene rings is 1. The third-order valence-electron chi connectivity index (χ3n) is 2.53. The van der Waals surface area contributed by atoms with Crippen LogP contribution in [0.15, 0.2) is 18.2 Å². The van der Waals surface area contributed by atoms with Crippen LogP contribution in [0.5, 0.6) is 0 Å². The number of aryl methyl sites for hydroxylation is 1. The fourth-order valence-corrected chi connectivity index (χ4v) is 1.58. The zero-order valence-corrected chi connectivity index (χ0v) is 9.87. The summed E-state index contributed by atoms with van der Waals surface area (Å²) in [5.41, 5.74) is 2.03. The molecule has 3 heteroatoms. The predicted molar refractivity (Wildman–Crippen MR) is 61.8 cm³/mol. The Morgan fingerprint density at radius 2 is 1.94 bits per heavy atom. The second-order valence-electron chi connectivity index (χ2n) is 3.49. The Labute approximate surface area is 95.4 Å². The van der Waals surface area contributed by atoms with Crippen molar-refractivity contribution in [3.63, 3.8) is 0 Å². The Balaban J connectivity index is 3.21. The molecule has 1 rings (SSSR count). The highest BCUT2D eigenvalue weighted by Gasteiger charge is 2.13. The van der Waals surface area contributed by atoms with Crippen LogP contribution in [-0.4, -0.2) is 18.9 Å². The van der Waals surface area contributed by atoms with Crippen LogP contribution in [0.3, 0.4) is 0 Å². The zero-order valence-electron chi connectivity index (χ0n) is 9.87. The largest absolute Gasteiger partial charge is 0.465 e. The molecule has 0 aromatic heterocycles. The van der Waals surface area contributed by atoms with Gasteiger partial charge in [0.2, 0.25) is 0 Å². The van der Waals surface area contributed by atoms with Crippen LogP contribution in [0.4, 0.5) is 0 Å². The van der Waals surface area contributed by atoms with Crippen molar-refractivity contribution in [2.45, 2.75) is 26.7 Å². The van der Waals surface area contributed by atoms with Gasteiger partial charge in [0.15, 0.2) is 5.78 Å². The van der Waals surface area contributed by atoms with Crippen LogP contribution >= 0.6 is 0 Å². The predicted octanol–water partition coefficient (Wildman–Crippen LogP) is 2.63. The minimum absolute atomic E-state index is 0.0580. The molecule has 16 heavy (non-hydrogen) atoms. The molecular formula is C13H16O3. The van der Waals surface area contributed by atoms with Gasteiger partial charge in [-0.05, 0) is 24.1 Å². The Morgan fingerprint density at radius 3 is 2.44 bits per heavy atom. The molecule has 86 valence electrons. The summed E-state index contributed by atoms with van der Waals surface area (Å²) >= 11 is 0. The summed E-state index contributed by atoms with van der Waals surface area (Å²) in [5, 5.41) is 0. The van der Waals surface area contributed by atoms with E-state index in [-0.39, 0.29) is 5.78 Å². The summed E-state index contributed by atoms with van der Waals surface area (Å²) in [5.74, 6) is -0.351. The molecular weight excluding hydrogens is 204 g/mol. The average molecular weight is 220 g/mol. The first kappa shape index (κ1) is 12.4. The van der Waals surface area contributed by atoms with Crippen molar-refractivity contribution in [2.24, 2.45) is 0 Å². The normalized spacial score (nSPS) is 9.94. The van der Waals surface area contributed by atoms with Gasteiger partial charge in [0.05, 0.1) is 12.7 Å². The summed E-state index contributed by atoms with van der Waals surface area (Å²) in [7, 11) is 1.33. The number of methoxy groups -OCH3 is 1. The van der Waals surface area contributed by atoms with Crippen LogP contribution < -0.4 is 0 Å². The summed E-state index contributed by atoms with van der Waals surface area (Å²) < 4.78 is 4.63. The number of esters is 1. The quantitative estimate of drug-likeness (QED) is 0.578. The van der Waals surface area contributed by atoms with Gasteiger partial charge in [-0.2, -0.15) is 0 Å². The topological polar surface area (TPSA) is 43.4 Å². The van der Waals surface area contributed by atoms with E-state index in [2.05, 4.69) is 4.74 Å². The SMILES string of the molecule is CCC(=O)c1cc(C(=O)OC)ccc1CC. The number of Topliss-reactive ketones (excluding diaryl/α,β-unsaturated/α-hetero) is 1. The van der Waals surface area contributed by atoms with Gasteiger partial charge in [0, 0.05) is 12.0 Å². The van der Waals surface area contributed by atoms with Gasteiger partial charge in [-0.3, -0.25) is 4.79 Å². The lowest BCUT2D eigenvalue weighted by Gasteiger charge is -2.07. The molecule has 0 spiro atoms. The number of ketones is 1. The number of hydrogen-bond acceptors (Lipinski definition) is 3. The second-order valence-corrected chi connectivity index (χ2v) is 3.49. The van der Waals surface area contributed by atoms with E-state index in [1.807, 2.05) is 19.9 Å². The number of carbonyl (C=O) groups is 2. The van der Waals surface area contributed by atoms with E-state index in [0.29, 0.717) is 17.5 Å². The maximum absolute atomic E-state index is 11.7. The fourth-order valence-electron chi connectivity index (χ4n) is 1.58. The molecule has 0 aliphatic heterocycles. The molecule has 0 saturated carbocycles. The minimum Gasteiger partial charge on any atom is -0.465 e. The van der Waals surface area contributed by atoms with Crippen LogP contribution in [0.25, 0.3) is 0 Å². The van der Waals surface area contributed by atoms with Gasteiger partial charge in [-0.1, -0.05) is 19.9 Å².